The molecule has 3 aliphatic rings. The fourth-order valence-corrected chi connectivity index (χ4v) is 3.78. The van der Waals surface area contributed by atoms with Crippen molar-refractivity contribution in [2.75, 3.05) is 6.61 Å². The van der Waals surface area contributed by atoms with Gasteiger partial charge in [-0.15, -0.1) is 0 Å². The van der Waals surface area contributed by atoms with Crippen LogP contribution in [0.15, 0.2) is 11.8 Å². The van der Waals surface area contributed by atoms with Crippen LogP contribution in [-0.4, -0.2) is 86.4 Å². The Kier molecular flexibility index (Phi) is 5.14. The SMILES string of the molecule is CC1=CO[C@@H](O[C@H]2O[C@H](CO)[C@@H](O)[C@H](O)[C@H]2O)[C@H]2[C@@H]1[C@H](O)C[C@@H]2O. The van der Waals surface area contributed by atoms with Crippen molar-refractivity contribution in [2.45, 2.75) is 62.5 Å². The molecule has 24 heavy (non-hydrogen) atoms. The van der Waals surface area contributed by atoms with Gasteiger partial charge in [-0.2, -0.15) is 0 Å². The highest BCUT2D eigenvalue weighted by atomic mass is 16.8. The first-order chi connectivity index (χ1) is 11.3. The van der Waals surface area contributed by atoms with Gasteiger partial charge in [0.15, 0.2) is 6.29 Å². The lowest BCUT2D eigenvalue weighted by Gasteiger charge is -2.43. The molecule has 3 rings (SSSR count). The summed E-state index contributed by atoms with van der Waals surface area (Å²) in [4.78, 5) is 0. The number of rotatable bonds is 3. The topological polar surface area (TPSA) is 149 Å². The summed E-state index contributed by atoms with van der Waals surface area (Å²) in [6, 6.07) is 0. The van der Waals surface area contributed by atoms with Crippen LogP contribution in [0.5, 0.6) is 0 Å². The molecule has 0 bridgehead atoms. The van der Waals surface area contributed by atoms with E-state index < -0.39 is 61.7 Å². The maximum Gasteiger partial charge on any atom is 0.207 e. The third-order valence-corrected chi connectivity index (χ3v) is 5.10. The molecular formula is C15H24O9. The minimum Gasteiger partial charge on any atom is -0.472 e. The molecular weight excluding hydrogens is 324 g/mol. The van der Waals surface area contributed by atoms with Gasteiger partial charge in [-0.1, -0.05) is 0 Å². The van der Waals surface area contributed by atoms with Crippen molar-refractivity contribution in [3.05, 3.63) is 11.8 Å². The zero-order valence-electron chi connectivity index (χ0n) is 13.2. The minimum atomic E-state index is -1.56. The van der Waals surface area contributed by atoms with Gasteiger partial charge in [0.25, 0.3) is 0 Å². The van der Waals surface area contributed by atoms with Crippen LogP contribution in [0.2, 0.25) is 0 Å². The standard InChI is InChI=1S/C15H24O9/c1-5-4-22-14(10-7(18)2-6(17)9(5)10)24-15-13(21)12(20)11(19)8(3-16)23-15/h4,6-21H,2-3H2,1H3/t6-,7+,8-,9+,10-,11-,12+,13-,14+,15-/m1/s1. The molecule has 0 aromatic carbocycles. The molecule has 9 nitrogen and oxygen atoms in total. The Morgan fingerprint density at radius 3 is 2.42 bits per heavy atom. The first-order valence-electron chi connectivity index (χ1n) is 7.99. The number of hydrogen-bond acceptors (Lipinski definition) is 9. The fraction of sp³-hybridized carbons (Fsp3) is 0.867. The Balaban J connectivity index is 1.75. The van der Waals surface area contributed by atoms with E-state index >= 15 is 0 Å². The molecule has 0 amide bonds. The summed E-state index contributed by atoms with van der Waals surface area (Å²) in [6.45, 7) is 1.21. The van der Waals surface area contributed by atoms with Crippen LogP contribution in [0.1, 0.15) is 13.3 Å². The highest BCUT2D eigenvalue weighted by molar-refractivity contribution is 5.14. The van der Waals surface area contributed by atoms with E-state index in [2.05, 4.69) is 0 Å². The van der Waals surface area contributed by atoms with E-state index in [0.717, 1.165) is 5.57 Å². The van der Waals surface area contributed by atoms with E-state index in [9.17, 15) is 30.6 Å². The van der Waals surface area contributed by atoms with Gasteiger partial charge < -0.3 is 44.8 Å². The highest BCUT2D eigenvalue weighted by Crippen LogP contribution is 2.44. The predicted molar refractivity (Wildman–Crippen MR) is 77.1 cm³/mol. The Morgan fingerprint density at radius 2 is 1.75 bits per heavy atom. The Hall–Kier alpha value is -0.780. The third kappa shape index (κ3) is 2.95. The number of ether oxygens (including phenoxy) is 3. The summed E-state index contributed by atoms with van der Waals surface area (Å²) in [7, 11) is 0. The molecule has 2 heterocycles. The van der Waals surface area contributed by atoms with Crippen molar-refractivity contribution in [1.82, 2.24) is 0 Å². The molecule has 10 atom stereocenters. The Bertz CT molecular complexity index is 482. The Morgan fingerprint density at radius 1 is 1.04 bits per heavy atom. The van der Waals surface area contributed by atoms with Crippen molar-refractivity contribution in [3.8, 4) is 0 Å². The smallest absolute Gasteiger partial charge is 0.207 e. The van der Waals surface area contributed by atoms with Gasteiger partial charge in [-0.25, -0.2) is 0 Å². The average molecular weight is 348 g/mol. The molecule has 2 fully saturated rings. The van der Waals surface area contributed by atoms with Crippen LogP contribution >= 0.6 is 0 Å². The number of hydrogen-bond donors (Lipinski definition) is 6. The molecule has 0 radical (unpaired) electrons. The number of aliphatic hydroxyl groups excluding tert-OH is 6. The lowest BCUT2D eigenvalue weighted by Crippen LogP contribution is -2.60. The van der Waals surface area contributed by atoms with Crippen LogP contribution in [-0.2, 0) is 14.2 Å². The van der Waals surface area contributed by atoms with Gasteiger partial charge in [0.2, 0.25) is 6.29 Å². The van der Waals surface area contributed by atoms with Crippen LogP contribution in [0.25, 0.3) is 0 Å². The summed E-state index contributed by atoms with van der Waals surface area (Å²) in [5.41, 5.74) is 0.776. The van der Waals surface area contributed by atoms with Crippen molar-refractivity contribution in [1.29, 1.82) is 0 Å². The van der Waals surface area contributed by atoms with Gasteiger partial charge in [-0.05, 0) is 12.5 Å². The van der Waals surface area contributed by atoms with Gasteiger partial charge in [0, 0.05) is 12.3 Å². The second-order valence-electron chi connectivity index (χ2n) is 6.67. The largest absolute Gasteiger partial charge is 0.472 e. The normalized spacial score (nSPS) is 51.7. The highest BCUT2D eigenvalue weighted by Gasteiger charge is 2.52. The van der Waals surface area contributed by atoms with Gasteiger partial charge in [-0.3, -0.25) is 0 Å². The molecule has 9 heteroatoms. The third-order valence-electron chi connectivity index (χ3n) is 5.10. The molecule has 0 unspecified atom stereocenters. The molecule has 1 saturated heterocycles. The van der Waals surface area contributed by atoms with Crippen LogP contribution < -0.4 is 0 Å². The van der Waals surface area contributed by atoms with Crippen LogP contribution in [0.4, 0.5) is 0 Å². The van der Waals surface area contributed by atoms with Gasteiger partial charge in [0.05, 0.1) is 31.0 Å². The van der Waals surface area contributed by atoms with E-state index in [1.165, 1.54) is 6.26 Å². The van der Waals surface area contributed by atoms with Crippen molar-refractivity contribution in [3.63, 3.8) is 0 Å². The van der Waals surface area contributed by atoms with E-state index in [4.69, 9.17) is 14.2 Å². The maximum absolute atomic E-state index is 10.2. The molecule has 0 spiro atoms. The summed E-state index contributed by atoms with van der Waals surface area (Å²) < 4.78 is 16.3. The summed E-state index contributed by atoms with van der Waals surface area (Å²) in [5, 5.41) is 59.1. The predicted octanol–water partition coefficient (Wildman–Crippen LogP) is -2.58. The van der Waals surface area contributed by atoms with Crippen LogP contribution in [0.3, 0.4) is 0 Å². The molecule has 1 aliphatic carbocycles. The van der Waals surface area contributed by atoms with E-state index in [1.807, 2.05) is 0 Å². The maximum atomic E-state index is 10.2. The molecule has 2 aliphatic heterocycles. The summed E-state index contributed by atoms with van der Waals surface area (Å²) in [6.07, 6.45) is -8.04. The molecule has 1 saturated carbocycles. The molecule has 0 aromatic heterocycles. The fourth-order valence-electron chi connectivity index (χ4n) is 3.78. The molecule has 0 aromatic rings. The summed E-state index contributed by atoms with van der Waals surface area (Å²) >= 11 is 0. The first kappa shape index (κ1) is 18.0. The van der Waals surface area contributed by atoms with Gasteiger partial charge >= 0.3 is 0 Å². The average Bonchev–Trinajstić information content (AvgIpc) is 2.86. The lowest BCUT2D eigenvalue weighted by molar-refractivity contribution is -0.343. The lowest BCUT2D eigenvalue weighted by atomic mass is 9.86. The first-order valence-corrected chi connectivity index (χ1v) is 7.99. The zero-order chi connectivity index (χ0) is 17.6. The minimum absolute atomic E-state index is 0.179. The molecule has 6 N–H and O–H groups in total. The van der Waals surface area contributed by atoms with E-state index in [0.29, 0.717) is 0 Å². The number of fused-ring (bicyclic) bond motifs is 1. The van der Waals surface area contributed by atoms with Crippen molar-refractivity contribution < 1.29 is 44.8 Å². The summed E-state index contributed by atoms with van der Waals surface area (Å²) in [5.74, 6) is -0.902. The van der Waals surface area contributed by atoms with Crippen LogP contribution in [0, 0.1) is 11.8 Å². The second kappa shape index (κ2) is 6.85. The van der Waals surface area contributed by atoms with Gasteiger partial charge in [0.1, 0.15) is 24.4 Å². The quantitative estimate of drug-likeness (QED) is 0.323. The van der Waals surface area contributed by atoms with Crippen molar-refractivity contribution in [2.24, 2.45) is 11.8 Å². The Labute approximate surface area is 138 Å². The molecule has 138 valence electrons. The van der Waals surface area contributed by atoms with E-state index in [-0.39, 0.29) is 12.3 Å². The number of aliphatic hydroxyl groups is 6. The zero-order valence-corrected chi connectivity index (χ0v) is 13.2. The second-order valence-corrected chi connectivity index (χ2v) is 6.67. The van der Waals surface area contributed by atoms with Crippen molar-refractivity contribution >= 4 is 0 Å². The van der Waals surface area contributed by atoms with E-state index in [1.54, 1.807) is 6.92 Å². The monoisotopic (exact) mass is 348 g/mol.